The van der Waals surface area contributed by atoms with Crippen LogP contribution in [0.25, 0.3) is 0 Å². The summed E-state index contributed by atoms with van der Waals surface area (Å²) in [7, 11) is 0. The monoisotopic (exact) mass is 300 g/mol. The summed E-state index contributed by atoms with van der Waals surface area (Å²) in [5.74, 6) is 0.407. The van der Waals surface area contributed by atoms with E-state index in [1.165, 1.54) is 0 Å². The lowest BCUT2D eigenvalue weighted by Crippen LogP contribution is -2.16. The van der Waals surface area contributed by atoms with Gasteiger partial charge in [0.15, 0.2) is 6.61 Å². The third kappa shape index (κ3) is 3.27. The summed E-state index contributed by atoms with van der Waals surface area (Å²) in [5, 5.41) is 0. The van der Waals surface area contributed by atoms with Gasteiger partial charge in [-0.1, -0.05) is 17.7 Å². The first-order chi connectivity index (χ1) is 10.3. The van der Waals surface area contributed by atoms with Gasteiger partial charge in [-0.05, 0) is 51.8 Å². The number of hydrogen-bond donors (Lipinski definition) is 0. The van der Waals surface area contributed by atoms with Crippen LogP contribution in [-0.2, 0) is 4.74 Å². The van der Waals surface area contributed by atoms with Crippen LogP contribution in [0.2, 0.25) is 0 Å². The van der Waals surface area contributed by atoms with Gasteiger partial charge in [-0.3, -0.25) is 4.79 Å². The molecule has 0 radical (unpaired) electrons. The highest BCUT2D eigenvalue weighted by molar-refractivity contribution is 6.01. The fourth-order valence-electron chi connectivity index (χ4n) is 2.73. The minimum atomic E-state index is -0.537. The molecule has 0 unspecified atom stereocenters. The van der Waals surface area contributed by atoms with E-state index in [0.29, 0.717) is 22.6 Å². The zero-order valence-corrected chi connectivity index (χ0v) is 13.6. The predicted molar refractivity (Wildman–Crippen MR) is 83.4 cm³/mol. The Morgan fingerprint density at radius 1 is 1.00 bits per heavy atom. The molecule has 4 heteroatoms. The van der Waals surface area contributed by atoms with E-state index in [9.17, 15) is 9.59 Å². The molecule has 0 aliphatic carbocycles. The largest absolute Gasteiger partial charge is 0.466 e. The molecule has 0 saturated heterocycles. The van der Waals surface area contributed by atoms with Gasteiger partial charge < -0.3 is 9.15 Å². The number of carbonyl (C=O) groups is 2. The number of benzene rings is 1. The van der Waals surface area contributed by atoms with Crippen LogP contribution in [0.5, 0.6) is 0 Å². The number of esters is 1. The number of Topliss-reactive ketones (excluding diaryl/α,β-unsaturated/α-hetero) is 1. The average molecular weight is 300 g/mol. The van der Waals surface area contributed by atoms with E-state index in [4.69, 9.17) is 9.15 Å². The van der Waals surface area contributed by atoms with Gasteiger partial charge >= 0.3 is 5.97 Å². The molecule has 2 rings (SSSR count). The van der Waals surface area contributed by atoms with E-state index in [1.54, 1.807) is 19.9 Å². The molecule has 1 heterocycles. The maximum Gasteiger partial charge on any atom is 0.342 e. The number of furan rings is 1. The molecule has 0 amide bonds. The summed E-state index contributed by atoms with van der Waals surface area (Å²) in [6.07, 6.45) is 0. The van der Waals surface area contributed by atoms with Crippen molar-refractivity contribution in [3.05, 3.63) is 57.5 Å². The zero-order valence-electron chi connectivity index (χ0n) is 13.6. The second kappa shape index (κ2) is 6.18. The number of ketones is 1. The van der Waals surface area contributed by atoms with Crippen molar-refractivity contribution in [1.82, 2.24) is 0 Å². The van der Waals surface area contributed by atoms with Gasteiger partial charge in [0, 0.05) is 5.56 Å². The smallest absolute Gasteiger partial charge is 0.342 e. The third-order valence-corrected chi connectivity index (χ3v) is 3.55. The molecule has 0 atom stereocenters. The van der Waals surface area contributed by atoms with E-state index < -0.39 is 5.97 Å². The molecular weight excluding hydrogens is 280 g/mol. The standard InChI is InChI=1S/C18H20O4/c1-10-6-11(2)17(12(3)7-10)16(19)9-21-18(20)15-8-13(4)22-14(15)5/h6-8H,9H2,1-5H3. The average Bonchev–Trinajstić information content (AvgIpc) is 2.74. The molecule has 0 fully saturated rings. The summed E-state index contributed by atoms with van der Waals surface area (Å²) in [6, 6.07) is 5.52. The van der Waals surface area contributed by atoms with E-state index in [0.717, 1.165) is 16.7 Å². The van der Waals surface area contributed by atoms with Gasteiger partial charge in [-0.25, -0.2) is 4.79 Å². The molecule has 0 N–H and O–H groups in total. The Hall–Kier alpha value is -2.36. The van der Waals surface area contributed by atoms with Crippen molar-refractivity contribution in [3.63, 3.8) is 0 Å². The summed E-state index contributed by atoms with van der Waals surface area (Å²) in [6.45, 7) is 8.94. The lowest BCUT2D eigenvalue weighted by atomic mass is 9.97. The Bertz CT molecular complexity index is 715. The summed E-state index contributed by atoms with van der Waals surface area (Å²) in [5.41, 5.74) is 3.89. The van der Waals surface area contributed by atoms with Crippen molar-refractivity contribution in [2.24, 2.45) is 0 Å². The number of aryl methyl sites for hydroxylation is 5. The number of hydrogen-bond acceptors (Lipinski definition) is 4. The van der Waals surface area contributed by atoms with Gasteiger partial charge in [-0.15, -0.1) is 0 Å². The minimum Gasteiger partial charge on any atom is -0.466 e. The fraction of sp³-hybridized carbons (Fsp3) is 0.333. The van der Waals surface area contributed by atoms with Crippen LogP contribution in [-0.4, -0.2) is 18.4 Å². The Morgan fingerprint density at radius 2 is 1.59 bits per heavy atom. The highest BCUT2D eigenvalue weighted by atomic mass is 16.5. The van der Waals surface area contributed by atoms with Gasteiger partial charge in [0.25, 0.3) is 0 Å². The SMILES string of the molecule is Cc1cc(C)c(C(=O)COC(=O)c2cc(C)oc2C)c(C)c1. The molecule has 0 saturated carbocycles. The van der Waals surface area contributed by atoms with Crippen molar-refractivity contribution < 1.29 is 18.7 Å². The van der Waals surface area contributed by atoms with Crippen LogP contribution in [0.4, 0.5) is 0 Å². The zero-order chi connectivity index (χ0) is 16.4. The lowest BCUT2D eigenvalue weighted by Gasteiger charge is -2.10. The van der Waals surface area contributed by atoms with Gasteiger partial charge in [-0.2, -0.15) is 0 Å². The first kappa shape index (κ1) is 16.0. The Morgan fingerprint density at radius 3 is 2.09 bits per heavy atom. The maximum atomic E-state index is 12.3. The Balaban J connectivity index is 2.11. The van der Waals surface area contributed by atoms with E-state index >= 15 is 0 Å². The van der Waals surface area contributed by atoms with Crippen molar-refractivity contribution in [1.29, 1.82) is 0 Å². The molecule has 22 heavy (non-hydrogen) atoms. The van der Waals surface area contributed by atoms with Crippen molar-refractivity contribution in [3.8, 4) is 0 Å². The third-order valence-electron chi connectivity index (χ3n) is 3.55. The quantitative estimate of drug-likeness (QED) is 0.635. The predicted octanol–water partition coefficient (Wildman–Crippen LogP) is 3.86. The van der Waals surface area contributed by atoms with Gasteiger partial charge in [0.2, 0.25) is 5.78 Å². The topological polar surface area (TPSA) is 56.5 Å². The number of ether oxygens (including phenoxy) is 1. The van der Waals surface area contributed by atoms with Crippen LogP contribution in [0.1, 0.15) is 48.9 Å². The fourth-order valence-corrected chi connectivity index (χ4v) is 2.73. The van der Waals surface area contributed by atoms with Crippen LogP contribution in [0.3, 0.4) is 0 Å². The highest BCUT2D eigenvalue weighted by Gasteiger charge is 2.18. The molecule has 0 aliphatic rings. The van der Waals surface area contributed by atoms with Crippen LogP contribution >= 0.6 is 0 Å². The molecular formula is C18H20O4. The maximum absolute atomic E-state index is 12.3. The minimum absolute atomic E-state index is 0.193. The van der Waals surface area contributed by atoms with Crippen molar-refractivity contribution >= 4 is 11.8 Å². The van der Waals surface area contributed by atoms with Crippen LogP contribution in [0, 0.1) is 34.6 Å². The second-order valence-electron chi connectivity index (χ2n) is 5.60. The first-order valence-electron chi connectivity index (χ1n) is 7.14. The van der Waals surface area contributed by atoms with E-state index in [1.807, 2.05) is 32.9 Å². The molecule has 0 aliphatic heterocycles. The number of carbonyl (C=O) groups excluding carboxylic acids is 2. The number of rotatable bonds is 4. The van der Waals surface area contributed by atoms with Crippen molar-refractivity contribution in [2.45, 2.75) is 34.6 Å². The molecule has 2 aromatic rings. The van der Waals surface area contributed by atoms with E-state index in [-0.39, 0.29) is 12.4 Å². The molecule has 0 spiro atoms. The molecule has 116 valence electrons. The Labute approximate surface area is 130 Å². The van der Waals surface area contributed by atoms with Crippen molar-refractivity contribution in [2.75, 3.05) is 6.61 Å². The summed E-state index contributed by atoms with van der Waals surface area (Å²) >= 11 is 0. The molecule has 4 nitrogen and oxygen atoms in total. The molecule has 0 bridgehead atoms. The highest BCUT2D eigenvalue weighted by Crippen LogP contribution is 2.18. The van der Waals surface area contributed by atoms with Gasteiger partial charge in [0.1, 0.15) is 17.1 Å². The first-order valence-corrected chi connectivity index (χ1v) is 7.14. The molecule has 1 aromatic heterocycles. The second-order valence-corrected chi connectivity index (χ2v) is 5.60. The molecule has 1 aromatic carbocycles. The lowest BCUT2D eigenvalue weighted by molar-refractivity contribution is 0.0472. The summed E-state index contributed by atoms with van der Waals surface area (Å²) in [4.78, 5) is 24.3. The van der Waals surface area contributed by atoms with Crippen LogP contribution < -0.4 is 0 Å². The van der Waals surface area contributed by atoms with E-state index in [2.05, 4.69) is 0 Å². The normalized spacial score (nSPS) is 10.6. The summed E-state index contributed by atoms with van der Waals surface area (Å²) < 4.78 is 10.4. The Kier molecular flexibility index (Phi) is 4.50. The van der Waals surface area contributed by atoms with Gasteiger partial charge in [0.05, 0.1) is 0 Å². The van der Waals surface area contributed by atoms with Crippen LogP contribution in [0.15, 0.2) is 22.6 Å².